The zero-order valence-electron chi connectivity index (χ0n) is 12.9. The van der Waals surface area contributed by atoms with Gasteiger partial charge in [-0.2, -0.15) is 0 Å². The van der Waals surface area contributed by atoms with Crippen molar-refractivity contribution in [3.8, 4) is 0 Å². The lowest BCUT2D eigenvalue weighted by Crippen LogP contribution is -2.42. The number of hydrogen-bond donors (Lipinski definition) is 3. The molecule has 0 saturated heterocycles. The van der Waals surface area contributed by atoms with Crippen molar-refractivity contribution in [2.24, 2.45) is 23.5 Å². The molecule has 3 unspecified atom stereocenters. The zero-order valence-corrected chi connectivity index (χ0v) is 12.9. The number of carbonyl (C=O) groups excluding carboxylic acids is 2. The van der Waals surface area contributed by atoms with Gasteiger partial charge in [-0.3, -0.25) is 9.59 Å². The molecule has 5 heteroatoms. The third-order valence-electron chi connectivity index (χ3n) is 3.99. The highest BCUT2D eigenvalue weighted by Gasteiger charge is 2.29. The Labute approximate surface area is 122 Å². The summed E-state index contributed by atoms with van der Waals surface area (Å²) in [5, 5.41) is 5.69. The predicted octanol–water partition coefficient (Wildman–Crippen LogP) is 1.03. The van der Waals surface area contributed by atoms with Crippen molar-refractivity contribution in [3.63, 3.8) is 0 Å². The number of nitrogens with one attached hydrogen (secondary N) is 2. The fraction of sp³-hybridized carbons (Fsp3) is 0.867. The Balaban J connectivity index is 2.18. The molecule has 0 bridgehead atoms. The Bertz CT molecular complexity index is 331. The Hall–Kier alpha value is -1.10. The fourth-order valence-corrected chi connectivity index (χ4v) is 2.44. The van der Waals surface area contributed by atoms with Gasteiger partial charge in [-0.1, -0.05) is 20.8 Å². The van der Waals surface area contributed by atoms with Crippen LogP contribution in [0, 0.1) is 17.8 Å². The summed E-state index contributed by atoms with van der Waals surface area (Å²) in [5.74, 6) is 0.997. The van der Waals surface area contributed by atoms with Crippen LogP contribution in [0.1, 0.15) is 46.5 Å². The average Bonchev–Trinajstić information content (AvgIpc) is 2.39. The lowest BCUT2D eigenvalue weighted by Gasteiger charge is -2.31. The van der Waals surface area contributed by atoms with Gasteiger partial charge in [-0.05, 0) is 31.1 Å². The molecule has 1 rings (SSSR count). The quantitative estimate of drug-likeness (QED) is 0.680. The molecule has 4 N–H and O–H groups in total. The van der Waals surface area contributed by atoms with Gasteiger partial charge in [0.05, 0.1) is 0 Å². The first kappa shape index (κ1) is 17.0. The van der Waals surface area contributed by atoms with E-state index in [9.17, 15) is 9.59 Å². The van der Waals surface area contributed by atoms with Gasteiger partial charge in [0, 0.05) is 31.5 Å². The van der Waals surface area contributed by atoms with E-state index in [2.05, 4.69) is 31.4 Å². The van der Waals surface area contributed by atoms with Crippen LogP contribution in [0.3, 0.4) is 0 Å². The Morgan fingerprint density at radius 3 is 2.55 bits per heavy atom. The first-order valence-electron chi connectivity index (χ1n) is 7.70. The summed E-state index contributed by atoms with van der Waals surface area (Å²) in [6, 6.07) is 0.119. The molecule has 3 atom stereocenters. The molecule has 0 aromatic heterocycles. The SMILES string of the molecule is CC(C)CNC(=O)CCNC(=O)C1CCC(C)C(N)C1. The van der Waals surface area contributed by atoms with Gasteiger partial charge < -0.3 is 16.4 Å². The van der Waals surface area contributed by atoms with Gasteiger partial charge in [-0.25, -0.2) is 0 Å². The maximum atomic E-state index is 12.0. The van der Waals surface area contributed by atoms with E-state index in [0.29, 0.717) is 31.3 Å². The molecule has 1 aliphatic rings. The van der Waals surface area contributed by atoms with Gasteiger partial charge in [0.15, 0.2) is 0 Å². The minimum absolute atomic E-state index is 0.00651. The van der Waals surface area contributed by atoms with Crippen LogP contribution < -0.4 is 16.4 Å². The summed E-state index contributed by atoms with van der Waals surface area (Å²) in [7, 11) is 0. The topological polar surface area (TPSA) is 84.2 Å². The lowest BCUT2D eigenvalue weighted by molar-refractivity contribution is -0.126. The third kappa shape index (κ3) is 5.90. The van der Waals surface area contributed by atoms with Crippen molar-refractivity contribution in [1.82, 2.24) is 10.6 Å². The summed E-state index contributed by atoms with van der Waals surface area (Å²) in [6.45, 7) is 7.33. The average molecular weight is 283 g/mol. The molecule has 1 fully saturated rings. The van der Waals surface area contributed by atoms with E-state index in [1.807, 2.05) is 0 Å². The Morgan fingerprint density at radius 1 is 1.25 bits per heavy atom. The Kier molecular flexibility index (Phi) is 6.99. The maximum Gasteiger partial charge on any atom is 0.223 e. The van der Waals surface area contributed by atoms with E-state index >= 15 is 0 Å². The molecule has 0 aromatic carbocycles. The molecule has 5 nitrogen and oxygen atoms in total. The normalized spacial score (nSPS) is 26.4. The molecular formula is C15H29N3O2. The first-order chi connectivity index (χ1) is 9.40. The van der Waals surface area contributed by atoms with Crippen LogP contribution in [0.4, 0.5) is 0 Å². The Morgan fingerprint density at radius 2 is 1.95 bits per heavy atom. The summed E-state index contributed by atoms with van der Waals surface area (Å²) >= 11 is 0. The monoisotopic (exact) mass is 283 g/mol. The van der Waals surface area contributed by atoms with Crippen molar-refractivity contribution in [2.45, 2.75) is 52.5 Å². The summed E-state index contributed by atoms with van der Waals surface area (Å²) in [6.07, 6.45) is 3.01. The standard InChI is InChI=1S/C15H29N3O2/c1-10(2)9-18-14(19)6-7-17-15(20)12-5-4-11(3)13(16)8-12/h10-13H,4-9,16H2,1-3H3,(H,17,20)(H,18,19). The summed E-state index contributed by atoms with van der Waals surface area (Å²) in [4.78, 5) is 23.5. The number of carbonyl (C=O) groups is 2. The van der Waals surface area contributed by atoms with Crippen LogP contribution in [0.2, 0.25) is 0 Å². The molecule has 2 amide bonds. The van der Waals surface area contributed by atoms with Crippen LogP contribution in [-0.4, -0.2) is 30.9 Å². The summed E-state index contributed by atoms with van der Waals surface area (Å²) < 4.78 is 0. The van der Waals surface area contributed by atoms with Crippen molar-refractivity contribution < 1.29 is 9.59 Å². The highest BCUT2D eigenvalue weighted by molar-refractivity contribution is 5.80. The predicted molar refractivity (Wildman–Crippen MR) is 80.0 cm³/mol. The number of amides is 2. The van der Waals surface area contributed by atoms with E-state index in [1.54, 1.807) is 0 Å². The molecule has 1 saturated carbocycles. The molecule has 0 aliphatic heterocycles. The van der Waals surface area contributed by atoms with E-state index in [4.69, 9.17) is 5.73 Å². The number of nitrogens with two attached hydrogens (primary N) is 1. The van der Waals surface area contributed by atoms with Crippen molar-refractivity contribution in [2.75, 3.05) is 13.1 Å². The molecule has 0 heterocycles. The van der Waals surface area contributed by atoms with Crippen molar-refractivity contribution in [1.29, 1.82) is 0 Å². The number of hydrogen-bond acceptors (Lipinski definition) is 3. The van der Waals surface area contributed by atoms with Gasteiger partial charge in [0.1, 0.15) is 0 Å². The minimum atomic E-state index is -0.00651. The molecule has 1 aliphatic carbocycles. The van der Waals surface area contributed by atoms with Gasteiger partial charge in [0.2, 0.25) is 11.8 Å². The minimum Gasteiger partial charge on any atom is -0.356 e. The second-order valence-electron chi connectivity index (χ2n) is 6.39. The smallest absolute Gasteiger partial charge is 0.223 e. The third-order valence-corrected chi connectivity index (χ3v) is 3.99. The second-order valence-corrected chi connectivity index (χ2v) is 6.39. The zero-order chi connectivity index (χ0) is 15.1. The van der Waals surface area contributed by atoms with E-state index in [1.165, 1.54) is 0 Å². The van der Waals surface area contributed by atoms with Gasteiger partial charge in [-0.15, -0.1) is 0 Å². The van der Waals surface area contributed by atoms with Gasteiger partial charge >= 0.3 is 0 Å². The molecule has 0 radical (unpaired) electrons. The fourth-order valence-electron chi connectivity index (χ4n) is 2.44. The van der Waals surface area contributed by atoms with Crippen LogP contribution in [0.5, 0.6) is 0 Å². The highest BCUT2D eigenvalue weighted by Crippen LogP contribution is 2.27. The van der Waals surface area contributed by atoms with Crippen molar-refractivity contribution >= 4 is 11.8 Å². The van der Waals surface area contributed by atoms with Crippen LogP contribution in [0.15, 0.2) is 0 Å². The maximum absolute atomic E-state index is 12.0. The lowest BCUT2D eigenvalue weighted by atomic mass is 9.79. The summed E-state index contributed by atoms with van der Waals surface area (Å²) in [5.41, 5.74) is 6.01. The molecule has 20 heavy (non-hydrogen) atoms. The molecular weight excluding hydrogens is 254 g/mol. The van der Waals surface area contributed by atoms with Crippen LogP contribution >= 0.6 is 0 Å². The van der Waals surface area contributed by atoms with E-state index in [0.717, 1.165) is 19.3 Å². The van der Waals surface area contributed by atoms with E-state index < -0.39 is 0 Å². The second kappa shape index (κ2) is 8.25. The van der Waals surface area contributed by atoms with Crippen molar-refractivity contribution in [3.05, 3.63) is 0 Å². The van der Waals surface area contributed by atoms with Crippen LogP contribution in [-0.2, 0) is 9.59 Å². The van der Waals surface area contributed by atoms with Gasteiger partial charge in [0.25, 0.3) is 0 Å². The number of rotatable bonds is 6. The van der Waals surface area contributed by atoms with E-state index in [-0.39, 0.29) is 23.8 Å². The molecule has 0 spiro atoms. The molecule has 0 aromatic rings. The van der Waals surface area contributed by atoms with Crippen LogP contribution in [0.25, 0.3) is 0 Å². The highest BCUT2D eigenvalue weighted by atomic mass is 16.2. The molecule has 116 valence electrons. The first-order valence-corrected chi connectivity index (χ1v) is 7.70. The largest absolute Gasteiger partial charge is 0.356 e.